The molecule has 0 amide bonds. The van der Waals surface area contributed by atoms with Crippen LogP contribution in [0.5, 0.6) is 11.8 Å². The lowest BCUT2D eigenvalue weighted by molar-refractivity contribution is 0.144. The first-order valence-corrected chi connectivity index (χ1v) is 12.8. The predicted molar refractivity (Wildman–Crippen MR) is 132 cm³/mol. The van der Waals surface area contributed by atoms with Gasteiger partial charge in [0.2, 0.25) is 0 Å². The number of rotatable bonds is 9. The van der Waals surface area contributed by atoms with E-state index in [1.807, 2.05) is 28.8 Å². The van der Waals surface area contributed by atoms with Crippen LogP contribution in [-0.4, -0.2) is 45.0 Å². The topological polar surface area (TPSA) is 92.3 Å². The summed E-state index contributed by atoms with van der Waals surface area (Å²) in [5, 5.41) is 3.36. The smallest absolute Gasteiger partial charge is 0.332 e. The van der Waals surface area contributed by atoms with Gasteiger partial charge in [0.1, 0.15) is 11.9 Å². The van der Waals surface area contributed by atoms with E-state index >= 15 is 0 Å². The Bertz CT molecular complexity index is 1330. The van der Waals surface area contributed by atoms with Crippen molar-refractivity contribution >= 4 is 11.2 Å². The van der Waals surface area contributed by atoms with Gasteiger partial charge in [-0.2, -0.15) is 4.98 Å². The Balaban J connectivity index is 1.50. The predicted octanol–water partition coefficient (Wildman–Crippen LogP) is 2.37. The van der Waals surface area contributed by atoms with Gasteiger partial charge in [-0.05, 0) is 81.1 Å². The van der Waals surface area contributed by atoms with Crippen molar-refractivity contribution < 1.29 is 9.47 Å². The number of methoxy groups -OCH3 is 1. The third-order valence-corrected chi connectivity index (χ3v) is 7.41. The van der Waals surface area contributed by atoms with Gasteiger partial charge in [-0.1, -0.05) is 12.1 Å². The summed E-state index contributed by atoms with van der Waals surface area (Å²) in [4.78, 5) is 32.1. The SMILES string of the molecule is COc1ccc(Cn2c(OC3CCNCC3)nc3c2c(=O)n(CC2CC2)c(=O)n3CC2CC2)cc1. The van der Waals surface area contributed by atoms with Crippen molar-refractivity contribution in [1.29, 1.82) is 0 Å². The highest BCUT2D eigenvalue weighted by Gasteiger charge is 2.31. The van der Waals surface area contributed by atoms with Crippen LogP contribution in [0.3, 0.4) is 0 Å². The molecule has 2 saturated carbocycles. The number of aromatic nitrogens is 4. The molecular weight excluding hydrogens is 446 g/mol. The molecule has 186 valence electrons. The van der Waals surface area contributed by atoms with Crippen LogP contribution < -0.4 is 26.0 Å². The molecule has 3 heterocycles. The average molecular weight is 480 g/mol. The summed E-state index contributed by atoms with van der Waals surface area (Å²) in [7, 11) is 1.64. The van der Waals surface area contributed by atoms with E-state index in [2.05, 4.69) is 5.32 Å². The summed E-state index contributed by atoms with van der Waals surface area (Å²) in [6.45, 7) is 3.30. The van der Waals surface area contributed by atoms with Crippen LogP contribution in [-0.2, 0) is 19.6 Å². The molecule has 0 unspecified atom stereocenters. The van der Waals surface area contributed by atoms with Crippen LogP contribution in [0, 0.1) is 11.8 Å². The molecule has 3 aromatic rings. The van der Waals surface area contributed by atoms with Crippen LogP contribution in [0.15, 0.2) is 33.9 Å². The Morgan fingerprint density at radius 3 is 2.20 bits per heavy atom. The van der Waals surface area contributed by atoms with Gasteiger partial charge in [-0.3, -0.25) is 18.5 Å². The summed E-state index contributed by atoms with van der Waals surface area (Å²) in [6.07, 6.45) is 6.16. The van der Waals surface area contributed by atoms with E-state index in [0.717, 1.165) is 62.9 Å². The van der Waals surface area contributed by atoms with E-state index in [-0.39, 0.29) is 17.4 Å². The van der Waals surface area contributed by atoms with Crippen molar-refractivity contribution in [2.45, 2.75) is 64.3 Å². The molecule has 9 nitrogen and oxygen atoms in total. The van der Waals surface area contributed by atoms with Gasteiger partial charge in [0.25, 0.3) is 11.6 Å². The van der Waals surface area contributed by atoms with Gasteiger partial charge >= 0.3 is 5.69 Å². The first-order chi connectivity index (χ1) is 17.1. The highest BCUT2D eigenvalue weighted by molar-refractivity contribution is 5.72. The Hall–Kier alpha value is -3.07. The minimum atomic E-state index is -0.259. The fourth-order valence-electron chi connectivity index (χ4n) is 4.93. The van der Waals surface area contributed by atoms with Crippen LogP contribution >= 0.6 is 0 Å². The highest BCUT2D eigenvalue weighted by Crippen LogP contribution is 2.32. The monoisotopic (exact) mass is 479 g/mol. The first kappa shape index (κ1) is 22.4. The highest BCUT2D eigenvalue weighted by atomic mass is 16.5. The number of nitrogens with zero attached hydrogens (tertiary/aromatic N) is 4. The number of nitrogens with one attached hydrogen (secondary N) is 1. The lowest BCUT2D eigenvalue weighted by Crippen LogP contribution is -2.41. The van der Waals surface area contributed by atoms with Crippen molar-refractivity contribution in [2.24, 2.45) is 11.8 Å². The summed E-state index contributed by atoms with van der Waals surface area (Å²) in [5.41, 5.74) is 1.43. The number of piperidine rings is 1. The fourth-order valence-corrected chi connectivity index (χ4v) is 4.93. The molecular formula is C26H33N5O4. The van der Waals surface area contributed by atoms with E-state index in [4.69, 9.17) is 14.5 Å². The van der Waals surface area contributed by atoms with E-state index < -0.39 is 0 Å². The number of imidazole rings is 1. The number of fused-ring (bicyclic) bond motifs is 1. The Kier molecular flexibility index (Phi) is 5.88. The number of hydrogen-bond donors (Lipinski definition) is 1. The molecule has 1 saturated heterocycles. The van der Waals surface area contributed by atoms with Gasteiger partial charge in [0.05, 0.1) is 13.7 Å². The van der Waals surface area contributed by atoms with Gasteiger partial charge < -0.3 is 14.8 Å². The minimum Gasteiger partial charge on any atom is -0.497 e. The second kappa shape index (κ2) is 9.18. The quantitative estimate of drug-likeness (QED) is 0.507. The first-order valence-electron chi connectivity index (χ1n) is 12.8. The summed E-state index contributed by atoms with van der Waals surface area (Å²) in [6, 6.07) is 8.23. The van der Waals surface area contributed by atoms with Crippen LogP contribution in [0.2, 0.25) is 0 Å². The largest absolute Gasteiger partial charge is 0.497 e. The standard InChI is InChI=1S/C26H33N5O4/c1-34-20-8-6-19(7-9-20)14-29-22-23(28-25(29)35-21-10-12-27-13-11-21)30(15-17-2-3-17)26(33)31(24(22)32)16-18-4-5-18/h6-9,17-18,21,27H,2-5,10-16H2,1H3. The Labute approximate surface area is 203 Å². The number of ether oxygens (including phenoxy) is 2. The fraction of sp³-hybridized carbons (Fsp3) is 0.577. The van der Waals surface area contributed by atoms with Crippen LogP contribution in [0.4, 0.5) is 0 Å². The van der Waals surface area contributed by atoms with Crippen LogP contribution in [0.25, 0.3) is 11.2 Å². The molecule has 2 aromatic heterocycles. The third kappa shape index (κ3) is 4.61. The van der Waals surface area contributed by atoms with Gasteiger partial charge in [-0.25, -0.2) is 4.79 Å². The minimum absolute atomic E-state index is 0.0278. The lowest BCUT2D eigenvalue weighted by atomic mass is 10.1. The van der Waals surface area contributed by atoms with Crippen molar-refractivity contribution in [2.75, 3.05) is 20.2 Å². The van der Waals surface area contributed by atoms with Crippen LogP contribution in [0.1, 0.15) is 44.1 Å². The molecule has 1 aliphatic heterocycles. The van der Waals surface area contributed by atoms with Crippen molar-refractivity contribution in [1.82, 2.24) is 24.0 Å². The number of hydrogen-bond acceptors (Lipinski definition) is 6. The zero-order valence-corrected chi connectivity index (χ0v) is 20.2. The molecule has 3 aliphatic rings. The van der Waals surface area contributed by atoms with Crippen molar-refractivity contribution in [3.05, 3.63) is 50.7 Å². The molecule has 0 bridgehead atoms. The van der Waals surface area contributed by atoms with Gasteiger partial charge in [-0.15, -0.1) is 0 Å². The molecule has 0 atom stereocenters. The van der Waals surface area contributed by atoms with E-state index in [1.165, 1.54) is 4.57 Å². The van der Waals surface area contributed by atoms with E-state index in [1.54, 1.807) is 11.7 Å². The second-order valence-corrected chi connectivity index (χ2v) is 10.3. The molecule has 6 rings (SSSR count). The van der Waals surface area contributed by atoms with Crippen molar-refractivity contribution in [3.8, 4) is 11.8 Å². The Morgan fingerprint density at radius 1 is 0.914 bits per heavy atom. The average Bonchev–Trinajstić information content (AvgIpc) is 3.81. The number of benzene rings is 1. The maximum Gasteiger partial charge on any atom is 0.332 e. The summed E-state index contributed by atoms with van der Waals surface area (Å²) >= 11 is 0. The normalized spacial score (nSPS) is 18.8. The molecule has 35 heavy (non-hydrogen) atoms. The van der Waals surface area contributed by atoms with Crippen molar-refractivity contribution in [3.63, 3.8) is 0 Å². The molecule has 0 spiro atoms. The zero-order chi connectivity index (χ0) is 23.9. The Morgan fingerprint density at radius 2 is 1.57 bits per heavy atom. The molecule has 1 N–H and O–H groups in total. The summed E-state index contributed by atoms with van der Waals surface area (Å²) < 4.78 is 16.8. The molecule has 1 aromatic carbocycles. The third-order valence-electron chi connectivity index (χ3n) is 7.41. The van der Waals surface area contributed by atoms with Gasteiger partial charge in [0, 0.05) is 13.1 Å². The molecule has 3 fully saturated rings. The maximum atomic E-state index is 13.8. The maximum absolute atomic E-state index is 13.8. The molecule has 0 radical (unpaired) electrons. The molecule has 2 aliphatic carbocycles. The van der Waals surface area contributed by atoms with E-state index in [9.17, 15) is 9.59 Å². The van der Waals surface area contributed by atoms with Gasteiger partial charge in [0.15, 0.2) is 11.2 Å². The zero-order valence-electron chi connectivity index (χ0n) is 20.2. The molecule has 9 heteroatoms. The summed E-state index contributed by atoms with van der Waals surface area (Å²) in [5.74, 6) is 1.67. The lowest BCUT2D eigenvalue weighted by Gasteiger charge is -2.23. The van der Waals surface area contributed by atoms with E-state index in [0.29, 0.717) is 48.6 Å². The second-order valence-electron chi connectivity index (χ2n) is 10.3.